The molecule has 7 heteroatoms. The number of piperazine rings is 1. The van der Waals surface area contributed by atoms with Crippen molar-refractivity contribution in [3.63, 3.8) is 0 Å². The fraction of sp³-hybridized carbons (Fsp3) is 0.667. The monoisotopic (exact) mass is 391 g/mol. The molecule has 0 atom stereocenters. The first kappa shape index (κ1) is 20.9. The van der Waals surface area contributed by atoms with Crippen molar-refractivity contribution in [2.75, 3.05) is 63.8 Å². The van der Waals surface area contributed by atoms with Crippen molar-refractivity contribution in [1.29, 1.82) is 0 Å². The molecule has 0 bridgehead atoms. The maximum absolute atomic E-state index is 14.0. The first-order chi connectivity index (χ1) is 13.7. The maximum Gasteiger partial charge on any atom is 0.194 e. The summed E-state index contributed by atoms with van der Waals surface area (Å²) in [7, 11) is 0. The number of hydrogen-bond donors (Lipinski definition) is 2. The number of nitrogens with zero attached hydrogens (tertiary/aromatic N) is 4. The highest BCUT2D eigenvalue weighted by Crippen LogP contribution is 2.20. The van der Waals surface area contributed by atoms with Gasteiger partial charge in [-0.15, -0.1) is 0 Å². The second kappa shape index (κ2) is 10.6. The first-order valence-electron chi connectivity index (χ1n) is 10.6. The van der Waals surface area contributed by atoms with Gasteiger partial charge in [-0.05, 0) is 44.9 Å². The molecule has 2 aliphatic rings. The van der Waals surface area contributed by atoms with Gasteiger partial charge in [0.1, 0.15) is 5.82 Å². The molecule has 0 radical (unpaired) electrons. The lowest BCUT2D eigenvalue weighted by Gasteiger charge is -2.37. The number of aliphatic imine (C=N–C) groups is 1. The Bertz CT molecular complexity index is 625. The minimum absolute atomic E-state index is 0.113. The van der Waals surface area contributed by atoms with Crippen LogP contribution >= 0.6 is 0 Å². The van der Waals surface area contributed by atoms with Crippen molar-refractivity contribution in [3.05, 3.63) is 30.1 Å². The number of likely N-dealkylation sites (tertiary alicyclic amines) is 1. The Hall–Kier alpha value is -1.86. The van der Waals surface area contributed by atoms with Crippen LogP contribution in [-0.4, -0.2) is 85.9 Å². The largest absolute Gasteiger partial charge is 0.393 e. The van der Waals surface area contributed by atoms with E-state index in [1.165, 1.54) is 6.07 Å². The third kappa shape index (κ3) is 5.82. The number of halogens is 1. The summed E-state index contributed by atoms with van der Waals surface area (Å²) in [6, 6.07) is 7.00. The summed E-state index contributed by atoms with van der Waals surface area (Å²) in [5, 5.41) is 13.0. The van der Waals surface area contributed by atoms with Gasteiger partial charge in [0.15, 0.2) is 5.96 Å². The molecule has 0 spiro atoms. The topological polar surface area (TPSA) is 54.3 Å². The number of aliphatic hydroxyl groups excluding tert-OH is 1. The highest BCUT2D eigenvalue weighted by atomic mass is 19.1. The number of rotatable bonds is 6. The summed E-state index contributed by atoms with van der Waals surface area (Å²) in [6.07, 6.45) is 2.69. The Morgan fingerprint density at radius 3 is 2.54 bits per heavy atom. The van der Waals surface area contributed by atoms with E-state index in [1.807, 2.05) is 12.1 Å². The lowest BCUT2D eigenvalue weighted by atomic mass is 10.1. The lowest BCUT2D eigenvalue weighted by molar-refractivity contribution is 0.0824. The molecule has 1 aromatic rings. The average molecular weight is 392 g/mol. The minimum atomic E-state index is -0.151. The van der Waals surface area contributed by atoms with Gasteiger partial charge in [0.05, 0.1) is 11.8 Å². The first-order valence-corrected chi connectivity index (χ1v) is 10.6. The van der Waals surface area contributed by atoms with Crippen LogP contribution in [0.5, 0.6) is 0 Å². The van der Waals surface area contributed by atoms with E-state index in [2.05, 4.69) is 26.9 Å². The van der Waals surface area contributed by atoms with E-state index in [9.17, 15) is 9.50 Å². The number of guanidine groups is 1. The van der Waals surface area contributed by atoms with Gasteiger partial charge in [0.25, 0.3) is 0 Å². The van der Waals surface area contributed by atoms with Crippen molar-refractivity contribution < 1.29 is 9.50 Å². The Morgan fingerprint density at radius 1 is 1.14 bits per heavy atom. The molecule has 28 heavy (non-hydrogen) atoms. The van der Waals surface area contributed by atoms with Crippen LogP contribution in [0.4, 0.5) is 10.1 Å². The molecule has 2 N–H and O–H groups in total. The zero-order valence-corrected chi connectivity index (χ0v) is 17.0. The number of benzene rings is 1. The Balaban J connectivity index is 1.46. The Morgan fingerprint density at radius 2 is 1.86 bits per heavy atom. The van der Waals surface area contributed by atoms with Gasteiger partial charge in [-0.1, -0.05) is 12.1 Å². The number of para-hydroxylation sites is 1. The molecule has 0 amide bonds. The van der Waals surface area contributed by atoms with E-state index in [-0.39, 0.29) is 11.9 Å². The molecule has 2 heterocycles. The summed E-state index contributed by atoms with van der Waals surface area (Å²) < 4.78 is 14.0. The van der Waals surface area contributed by atoms with Gasteiger partial charge < -0.3 is 25.1 Å². The molecule has 1 aromatic carbocycles. The Kier molecular flexibility index (Phi) is 7.91. The number of aliphatic hydroxyl groups is 1. The van der Waals surface area contributed by atoms with Gasteiger partial charge >= 0.3 is 0 Å². The van der Waals surface area contributed by atoms with E-state index in [0.717, 1.165) is 84.1 Å². The van der Waals surface area contributed by atoms with Gasteiger partial charge in [0.2, 0.25) is 0 Å². The molecular weight excluding hydrogens is 357 g/mol. The smallest absolute Gasteiger partial charge is 0.194 e. The quantitative estimate of drug-likeness (QED) is 0.440. The van der Waals surface area contributed by atoms with Gasteiger partial charge in [-0.2, -0.15) is 0 Å². The minimum Gasteiger partial charge on any atom is -0.393 e. The fourth-order valence-electron chi connectivity index (χ4n) is 3.92. The van der Waals surface area contributed by atoms with Crippen LogP contribution in [-0.2, 0) is 0 Å². The second-order valence-corrected chi connectivity index (χ2v) is 7.59. The zero-order chi connectivity index (χ0) is 19.8. The van der Waals surface area contributed by atoms with E-state index in [4.69, 9.17) is 4.99 Å². The summed E-state index contributed by atoms with van der Waals surface area (Å²) in [5.74, 6) is 0.812. The van der Waals surface area contributed by atoms with Crippen LogP contribution in [0, 0.1) is 5.82 Å². The van der Waals surface area contributed by atoms with E-state index < -0.39 is 0 Å². The van der Waals surface area contributed by atoms with Crippen molar-refractivity contribution >= 4 is 11.6 Å². The molecular formula is C21H34FN5O. The highest BCUT2D eigenvalue weighted by molar-refractivity contribution is 5.80. The van der Waals surface area contributed by atoms with Crippen molar-refractivity contribution in [2.45, 2.75) is 32.3 Å². The molecule has 0 unspecified atom stereocenters. The second-order valence-electron chi connectivity index (χ2n) is 7.59. The molecule has 0 aliphatic carbocycles. The number of piperidine rings is 1. The lowest BCUT2D eigenvalue weighted by Crippen LogP contribution is -2.52. The molecule has 0 saturated carbocycles. The van der Waals surface area contributed by atoms with Crippen LogP contribution in [0.2, 0.25) is 0 Å². The van der Waals surface area contributed by atoms with Gasteiger partial charge in [-0.3, -0.25) is 4.99 Å². The van der Waals surface area contributed by atoms with Crippen molar-refractivity contribution in [1.82, 2.24) is 15.1 Å². The average Bonchev–Trinajstić information content (AvgIpc) is 2.72. The van der Waals surface area contributed by atoms with Crippen LogP contribution in [0.25, 0.3) is 0 Å². The standard InChI is InChI=1S/C21H34FN5O/c1-2-23-21(24-10-5-11-25-12-8-18(28)9-13-25)27-16-14-26(15-17-27)20-7-4-3-6-19(20)22/h3-4,6-7,18,28H,2,5,8-17H2,1H3,(H,23,24). The van der Waals surface area contributed by atoms with Gasteiger partial charge in [0, 0.05) is 52.4 Å². The third-order valence-electron chi connectivity index (χ3n) is 5.56. The molecule has 2 saturated heterocycles. The molecule has 3 rings (SSSR count). The van der Waals surface area contributed by atoms with E-state index >= 15 is 0 Å². The van der Waals surface area contributed by atoms with Crippen LogP contribution in [0.1, 0.15) is 26.2 Å². The van der Waals surface area contributed by atoms with E-state index in [0.29, 0.717) is 5.69 Å². The van der Waals surface area contributed by atoms with E-state index in [1.54, 1.807) is 6.07 Å². The SMILES string of the molecule is CCNC(=NCCCN1CCC(O)CC1)N1CCN(c2ccccc2F)CC1. The summed E-state index contributed by atoms with van der Waals surface area (Å²) in [4.78, 5) is 11.6. The Labute approximate surface area is 168 Å². The summed E-state index contributed by atoms with van der Waals surface area (Å²) in [5.41, 5.74) is 0.690. The van der Waals surface area contributed by atoms with Gasteiger partial charge in [-0.25, -0.2) is 4.39 Å². The number of nitrogens with one attached hydrogen (secondary N) is 1. The zero-order valence-electron chi connectivity index (χ0n) is 17.0. The normalized spacial score (nSPS) is 19.9. The van der Waals surface area contributed by atoms with Crippen LogP contribution in [0.3, 0.4) is 0 Å². The predicted molar refractivity (Wildman–Crippen MR) is 112 cm³/mol. The summed E-state index contributed by atoms with van der Waals surface area (Å²) in [6.45, 7) is 10.0. The van der Waals surface area contributed by atoms with Crippen LogP contribution in [0.15, 0.2) is 29.3 Å². The van der Waals surface area contributed by atoms with Crippen molar-refractivity contribution in [2.24, 2.45) is 4.99 Å². The maximum atomic E-state index is 14.0. The fourth-order valence-corrected chi connectivity index (χ4v) is 3.92. The number of hydrogen-bond acceptors (Lipinski definition) is 4. The van der Waals surface area contributed by atoms with Crippen LogP contribution < -0.4 is 10.2 Å². The molecule has 2 aliphatic heterocycles. The predicted octanol–water partition coefficient (Wildman–Crippen LogP) is 1.76. The molecule has 2 fully saturated rings. The van der Waals surface area contributed by atoms with Crippen molar-refractivity contribution in [3.8, 4) is 0 Å². The highest BCUT2D eigenvalue weighted by Gasteiger charge is 2.21. The molecule has 0 aromatic heterocycles. The summed E-state index contributed by atoms with van der Waals surface area (Å²) >= 11 is 0. The third-order valence-corrected chi connectivity index (χ3v) is 5.56. The molecule has 6 nitrogen and oxygen atoms in total. The number of anilines is 1. The molecule has 156 valence electrons.